The minimum Gasteiger partial charge on any atom is -0.484 e. The molecule has 2 rings (SSSR count). The molecule has 1 amide bonds. The Kier molecular flexibility index (Phi) is 7.30. The molecule has 0 spiro atoms. The number of rotatable bonds is 9. The van der Waals surface area contributed by atoms with E-state index in [4.69, 9.17) is 4.74 Å². The summed E-state index contributed by atoms with van der Waals surface area (Å²) in [7, 11) is -1.83. The highest BCUT2D eigenvalue weighted by atomic mass is 32.2. The van der Waals surface area contributed by atoms with Gasteiger partial charge in [0.1, 0.15) is 5.75 Å². The molecule has 1 atom stereocenters. The predicted octanol–water partition coefficient (Wildman–Crippen LogP) is 3.33. The van der Waals surface area contributed by atoms with Gasteiger partial charge in [-0.15, -0.1) is 0 Å². The highest BCUT2D eigenvalue weighted by Crippen LogP contribution is 2.28. The third-order valence-corrected chi connectivity index (χ3v) is 6.05. The lowest BCUT2D eigenvalue weighted by Crippen LogP contribution is -2.39. The summed E-state index contributed by atoms with van der Waals surface area (Å²) in [6.07, 6.45) is 1.94. The zero-order valence-corrected chi connectivity index (χ0v) is 18.5. The van der Waals surface area contributed by atoms with Crippen LogP contribution in [0.4, 0.5) is 5.69 Å². The monoisotopic (exact) mass is 418 g/mol. The first-order valence-electron chi connectivity index (χ1n) is 9.51. The third kappa shape index (κ3) is 6.78. The first-order valence-corrected chi connectivity index (χ1v) is 11.4. The molecule has 0 saturated heterocycles. The second kappa shape index (κ2) is 9.31. The molecule has 0 aromatic heterocycles. The molecule has 0 radical (unpaired) electrons. The van der Waals surface area contributed by atoms with Crippen molar-refractivity contribution < 1.29 is 17.9 Å². The molecule has 158 valence electrons. The molecule has 2 aromatic carbocycles. The van der Waals surface area contributed by atoms with Gasteiger partial charge in [-0.05, 0) is 48.6 Å². The molecule has 0 aliphatic carbocycles. The number of benzene rings is 2. The lowest BCUT2D eigenvalue weighted by atomic mass is 9.79. The Balaban J connectivity index is 1.85. The van der Waals surface area contributed by atoms with Crippen LogP contribution in [0.3, 0.4) is 0 Å². The van der Waals surface area contributed by atoms with Crippen molar-refractivity contribution in [1.29, 1.82) is 0 Å². The van der Waals surface area contributed by atoms with Gasteiger partial charge in [0, 0.05) is 13.1 Å². The Morgan fingerprint density at radius 3 is 2.24 bits per heavy atom. The summed E-state index contributed by atoms with van der Waals surface area (Å²) in [6.45, 7) is 6.21. The van der Waals surface area contributed by atoms with Crippen molar-refractivity contribution in [3.8, 4) is 5.75 Å². The molecule has 7 heteroatoms. The van der Waals surface area contributed by atoms with E-state index in [0.717, 1.165) is 12.7 Å². The highest BCUT2D eigenvalue weighted by Gasteiger charge is 2.24. The number of amides is 1. The predicted molar refractivity (Wildman–Crippen MR) is 117 cm³/mol. The maximum Gasteiger partial charge on any atom is 0.258 e. The fourth-order valence-electron chi connectivity index (χ4n) is 3.23. The Bertz CT molecular complexity index is 910. The number of nitrogens with one attached hydrogen (secondary N) is 1. The lowest BCUT2D eigenvalue weighted by Gasteiger charge is -2.29. The van der Waals surface area contributed by atoms with Crippen molar-refractivity contribution in [3.05, 3.63) is 60.2 Å². The number of carbonyl (C=O) groups excluding carboxylic acids is 1. The van der Waals surface area contributed by atoms with Crippen molar-refractivity contribution in [2.24, 2.45) is 0 Å². The van der Waals surface area contributed by atoms with Crippen molar-refractivity contribution in [2.45, 2.75) is 38.6 Å². The van der Waals surface area contributed by atoms with Crippen LogP contribution in [-0.2, 0) is 20.2 Å². The van der Waals surface area contributed by atoms with E-state index in [1.807, 2.05) is 25.1 Å². The van der Waals surface area contributed by atoms with Gasteiger partial charge in [-0.25, -0.2) is 8.42 Å². The van der Waals surface area contributed by atoms with Crippen LogP contribution in [0.15, 0.2) is 54.6 Å². The topological polar surface area (TPSA) is 75.7 Å². The average molecular weight is 419 g/mol. The van der Waals surface area contributed by atoms with E-state index in [2.05, 4.69) is 31.3 Å². The Labute approximate surface area is 173 Å². The van der Waals surface area contributed by atoms with Crippen LogP contribution in [-0.4, -0.2) is 40.3 Å². The van der Waals surface area contributed by atoms with Crippen molar-refractivity contribution >= 4 is 21.6 Å². The summed E-state index contributed by atoms with van der Waals surface area (Å²) in [5.74, 6) is 0.307. The van der Waals surface area contributed by atoms with E-state index in [1.54, 1.807) is 24.3 Å². The van der Waals surface area contributed by atoms with Crippen LogP contribution in [0.1, 0.15) is 32.8 Å². The molecule has 29 heavy (non-hydrogen) atoms. The van der Waals surface area contributed by atoms with Gasteiger partial charge in [0.05, 0.1) is 11.9 Å². The van der Waals surface area contributed by atoms with Gasteiger partial charge in [-0.3, -0.25) is 9.10 Å². The zero-order chi connectivity index (χ0) is 21.7. The number of hydrogen-bond acceptors (Lipinski definition) is 4. The Hall–Kier alpha value is -2.54. The van der Waals surface area contributed by atoms with Gasteiger partial charge in [0.25, 0.3) is 5.91 Å². The molecule has 0 aliphatic rings. The summed E-state index contributed by atoms with van der Waals surface area (Å²) in [5, 5.41) is 2.97. The van der Waals surface area contributed by atoms with E-state index < -0.39 is 10.0 Å². The van der Waals surface area contributed by atoms with E-state index >= 15 is 0 Å². The molecule has 1 unspecified atom stereocenters. The molecule has 0 heterocycles. The Morgan fingerprint density at radius 2 is 1.69 bits per heavy atom. The van der Waals surface area contributed by atoms with Crippen LogP contribution >= 0.6 is 0 Å². The minimum atomic E-state index is -3.31. The number of ether oxygens (including phenoxy) is 1. The van der Waals surface area contributed by atoms with Gasteiger partial charge in [0.2, 0.25) is 10.0 Å². The van der Waals surface area contributed by atoms with Crippen LogP contribution in [0.25, 0.3) is 0 Å². The van der Waals surface area contributed by atoms with Gasteiger partial charge in [-0.1, -0.05) is 44.2 Å². The smallest absolute Gasteiger partial charge is 0.258 e. The molecule has 0 aliphatic heterocycles. The normalized spacial score (nSPS) is 12.9. The van der Waals surface area contributed by atoms with E-state index in [1.165, 1.54) is 16.9 Å². The SMILES string of the molecule is CC(CC(C)(C)c1ccccc1)NC(=O)COc1ccc(N(C)S(C)(=O)=O)cc1. The maximum absolute atomic E-state index is 12.2. The van der Waals surface area contributed by atoms with Gasteiger partial charge in [-0.2, -0.15) is 0 Å². The summed E-state index contributed by atoms with van der Waals surface area (Å²) < 4.78 is 29.8. The quantitative estimate of drug-likeness (QED) is 0.678. The largest absolute Gasteiger partial charge is 0.484 e. The first-order chi connectivity index (χ1) is 13.5. The van der Waals surface area contributed by atoms with E-state index in [0.29, 0.717) is 11.4 Å². The molecule has 0 saturated carbocycles. The van der Waals surface area contributed by atoms with Gasteiger partial charge >= 0.3 is 0 Å². The molecule has 0 bridgehead atoms. The lowest BCUT2D eigenvalue weighted by molar-refractivity contribution is -0.123. The Morgan fingerprint density at radius 1 is 1.10 bits per heavy atom. The molecular formula is C22H30N2O4S. The molecule has 0 fully saturated rings. The van der Waals surface area contributed by atoms with Crippen LogP contribution in [0, 0.1) is 0 Å². The number of nitrogens with zero attached hydrogens (tertiary/aromatic N) is 1. The fraction of sp³-hybridized carbons (Fsp3) is 0.409. The molecule has 1 N–H and O–H groups in total. The highest BCUT2D eigenvalue weighted by molar-refractivity contribution is 7.92. The number of sulfonamides is 1. The van der Waals surface area contributed by atoms with Crippen molar-refractivity contribution in [2.75, 3.05) is 24.2 Å². The molecular weight excluding hydrogens is 388 g/mol. The average Bonchev–Trinajstić information content (AvgIpc) is 2.65. The minimum absolute atomic E-state index is 0.00732. The zero-order valence-electron chi connectivity index (χ0n) is 17.7. The van der Waals surface area contributed by atoms with Crippen molar-refractivity contribution in [3.63, 3.8) is 0 Å². The van der Waals surface area contributed by atoms with Gasteiger partial charge < -0.3 is 10.1 Å². The first kappa shape index (κ1) is 22.7. The second-order valence-electron chi connectivity index (χ2n) is 7.94. The molecule has 2 aromatic rings. The fourth-order valence-corrected chi connectivity index (χ4v) is 3.74. The van der Waals surface area contributed by atoms with Crippen LogP contribution in [0.2, 0.25) is 0 Å². The maximum atomic E-state index is 12.2. The van der Waals surface area contributed by atoms with E-state index in [-0.39, 0.29) is 24.0 Å². The van der Waals surface area contributed by atoms with Crippen LogP contribution in [0.5, 0.6) is 5.75 Å². The summed E-state index contributed by atoms with van der Waals surface area (Å²) in [6, 6.07) is 16.8. The van der Waals surface area contributed by atoms with Gasteiger partial charge in [0.15, 0.2) is 6.61 Å². The van der Waals surface area contributed by atoms with Crippen LogP contribution < -0.4 is 14.4 Å². The van der Waals surface area contributed by atoms with Crippen molar-refractivity contribution in [1.82, 2.24) is 5.32 Å². The molecule has 6 nitrogen and oxygen atoms in total. The number of hydrogen-bond donors (Lipinski definition) is 1. The third-order valence-electron chi connectivity index (χ3n) is 4.85. The summed E-state index contributed by atoms with van der Waals surface area (Å²) in [5.41, 5.74) is 1.70. The number of carbonyl (C=O) groups is 1. The number of anilines is 1. The summed E-state index contributed by atoms with van der Waals surface area (Å²) >= 11 is 0. The standard InChI is InChI=1S/C22H30N2O4S/c1-17(15-22(2,3)18-9-7-6-8-10-18)23-21(25)16-28-20-13-11-19(12-14-20)24(4)29(5,26)27/h6-14,17H,15-16H2,1-5H3,(H,23,25). The summed E-state index contributed by atoms with van der Waals surface area (Å²) in [4.78, 5) is 12.2. The second-order valence-corrected chi connectivity index (χ2v) is 9.95. The van der Waals surface area contributed by atoms with E-state index in [9.17, 15) is 13.2 Å².